The molecule has 0 aliphatic rings. The topological polar surface area (TPSA) is 61.5 Å². The molecule has 4 heteroatoms. The lowest BCUT2D eigenvalue weighted by Gasteiger charge is -2.16. The fourth-order valence-electron chi connectivity index (χ4n) is 1.41. The van der Waals surface area contributed by atoms with E-state index in [9.17, 15) is 5.11 Å². The number of nitrogens with two attached hydrogens (primary N) is 1. The van der Waals surface area contributed by atoms with Crippen molar-refractivity contribution in [2.24, 2.45) is 5.73 Å². The first kappa shape index (κ1) is 13.0. The molecule has 1 rings (SSSR count). The van der Waals surface area contributed by atoms with Crippen LogP contribution in [-0.4, -0.2) is 32.3 Å². The van der Waals surface area contributed by atoms with E-state index in [1.54, 1.807) is 0 Å². The van der Waals surface area contributed by atoms with Gasteiger partial charge in [0.15, 0.2) is 0 Å². The van der Waals surface area contributed by atoms with Crippen molar-refractivity contribution in [2.75, 3.05) is 32.1 Å². The van der Waals surface area contributed by atoms with Crippen LogP contribution in [0.3, 0.4) is 0 Å². The number of aliphatic hydroxyl groups excluding tert-OH is 1. The summed E-state index contributed by atoms with van der Waals surface area (Å²) < 4.78 is 0. The summed E-state index contributed by atoms with van der Waals surface area (Å²) in [6.07, 6.45) is 0.259. The lowest BCUT2D eigenvalue weighted by atomic mass is 10.1. The van der Waals surface area contributed by atoms with Crippen molar-refractivity contribution in [3.8, 4) is 0 Å². The minimum atomic E-state index is -0.609. The van der Waals surface area contributed by atoms with Crippen LogP contribution in [0.25, 0.3) is 0 Å². The molecule has 0 bridgehead atoms. The molecule has 0 aromatic heterocycles. The van der Waals surface area contributed by atoms with E-state index in [0.717, 1.165) is 24.2 Å². The zero-order chi connectivity index (χ0) is 12.0. The van der Waals surface area contributed by atoms with Gasteiger partial charge in [-0.15, -0.1) is 0 Å². The molecule has 1 atom stereocenters. The number of anilines is 1. The quantitative estimate of drug-likeness (QED) is 0.490. The average Bonchev–Trinajstić information content (AvgIpc) is 2.29. The molecule has 0 heterocycles. The van der Waals surface area contributed by atoms with E-state index < -0.39 is 6.23 Å². The van der Waals surface area contributed by atoms with Gasteiger partial charge in [-0.1, -0.05) is 12.1 Å². The summed E-state index contributed by atoms with van der Waals surface area (Å²) in [7, 11) is 3.98. The van der Waals surface area contributed by atoms with Gasteiger partial charge < -0.3 is 15.7 Å². The van der Waals surface area contributed by atoms with E-state index in [1.165, 1.54) is 0 Å². The normalized spacial score (nSPS) is 12.5. The minimum Gasteiger partial charge on any atom is -0.378 e. The Morgan fingerprint density at radius 3 is 2.44 bits per heavy atom. The molecule has 1 aromatic rings. The molecule has 0 aliphatic heterocycles. The van der Waals surface area contributed by atoms with Crippen molar-refractivity contribution in [3.05, 3.63) is 29.8 Å². The van der Waals surface area contributed by atoms with Crippen LogP contribution < -0.4 is 16.0 Å². The highest BCUT2D eigenvalue weighted by Crippen LogP contribution is 2.16. The Bertz CT molecular complexity index is 298. The van der Waals surface area contributed by atoms with Crippen molar-refractivity contribution < 1.29 is 5.11 Å². The summed E-state index contributed by atoms with van der Waals surface area (Å²) in [6, 6.07) is 7.83. The van der Waals surface area contributed by atoms with Gasteiger partial charge in [0.05, 0.1) is 0 Å². The molecule has 1 aromatic carbocycles. The largest absolute Gasteiger partial charge is 0.378 e. The highest BCUT2D eigenvalue weighted by Gasteiger charge is 2.05. The fourth-order valence-corrected chi connectivity index (χ4v) is 1.41. The second-order valence-electron chi connectivity index (χ2n) is 3.98. The van der Waals surface area contributed by atoms with E-state index in [-0.39, 0.29) is 0 Å². The molecule has 0 fully saturated rings. The number of benzene rings is 1. The van der Waals surface area contributed by atoms with Crippen molar-refractivity contribution in [1.29, 1.82) is 0 Å². The highest BCUT2D eigenvalue weighted by atomic mass is 16.3. The molecule has 0 amide bonds. The Morgan fingerprint density at radius 2 is 1.94 bits per heavy atom. The third kappa shape index (κ3) is 3.81. The first-order valence-electron chi connectivity index (χ1n) is 5.54. The van der Waals surface area contributed by atoms with Gasteiger partial charge in [0.1, 0.15) is 6.23 Å². The van der Waals surface area contributed by atoms with Crippen LogP contribution in [0, 0.1) is 0 Å². The zero-order valence-electron chi connectivity index (χ0n) is 9.98. The zero-order valence-corrected chi connectivity index (χ0v) is 9.98. The second kappa shape index (κ2) is 6.48. The predicted octanol–water partition coefficient (Wildman–Crippen LogP) is 0.682. The molecule has 4 nitrogen and oxygen atoms in total. The summed E-state index contributed by atoms with van der Waals surface area (Å²) in [6.45, 7) is 1.37. The summed E-state index contributed by atoms with van der Waals surface area (Å²) in [5, 5.41) is 12.8. The van der Waals surface area contributed by atoms with Gasteiger partial charge in [-0.3, -0.25) is 5.32 Å². The van der Waals surface area contributed by atoms with Crippen molar-refractivity contribution >= 4 is 5.69 Å². The Balaban J connectivity index is 2.52. The van der Waals surface area contributed by atoms with E-state index in [0.29, 0.717) is 6.54 Å². The van der Waals surface area contributed by atoms with Gasteiger partial charge in [0, 0.05) is 19.8 Å². The molecule has 0 spiro atoms. The Labute approximate surface area is 97.1 Å². The van der Waals surface area contributed by atoms with E-state index >= 15 is 0 Å². The van der Waals surface area contributed by atoms with Crippen LogP contribution in [0.4, 0.5) is 5.69 Å². The average molecular weight is 223 g/mol. The predicted molar refractivity (Wildman–Crippen MR) is 67.4 cm³/mol. The summed E-state index contributed by atoms with van der Waals surface area (Å²) in [5.41, 5.74) is 7.38. The SMILES string of the molecule is CN(C)c1ccc(C(O)NCCCN)cc1. The number of rotatable bonds is 6. The maximum absolute atomic E-state index is 9.81. The second-order valence-corrected chi connectivity index (χ2v) is 3.98. The third-order valence-corrected chi connectivity index (χ3v) is 2.44. The number of hydrogen-bond acceptors (Lipinski definition) is 4. The molecule has 0 saturated carbocycles. The first-order valence-corrected chi connectivity index (χ1v) is 5.54. The van der Waals surface area contributed by atoms with Gasteiger partial charge in [0.25, 0.3) is 0 Å². The summed E-state index contributed by atoms with van der Waals surface area (Å²) in [4.78, 5) is 2.03. The number of nitrogens with one attached hydrogen (secondary N) is 1. The molecule has 90 valence electrons. The standard InChI is InChI=1S/C12H21N3O/c1-15(2)11-6-4-10(5-7-11)12(16)14-9-3-8-13/h4-7,12,14,16H,3,8-9,13H2,1-2H3. The molecule has 16 heavy (non-hydrogen) atoms. The van der Waals surface area contributed by atoms with Crippen LogP contribution in [0.15, 0.2) is 24.3 Å². The van der Waals surface area contributed by atoms with Gasteiger partial charge in [-0.25, -0.2) is 0 Å². The number of hydrogen-bond donors (Lipinski definition) is 3. The van der Waals surface area contributed by atoms with Gasteiger partial charge in [-0.05, 0) is 37.2 Å². The summed E-state index contributed by atoms with van der Waals surface area (Å²) >= 11 is 0. The Hall–Kier alpha value is -1.10. The first-order chi connectivity index (χ1) is 7.65. The maximum atomic E-state index is 9.81. The van der Waals surface area contributed by atoms with Crippen LogP contribution in [0.2, 0.25) is 0 Å². The Morgan fingerprint density at radius 1 is 1.31 bits per heavy atom. The van der Waals surface area contributed by atoms with Crippen LogP contribution in [0.1, 0.15) is 18.2 Å². The number of aliphatic hydroxyl groups is 1. The van der Waals surface area contributed by atoms with Gasteiger partial charge in [-0.2, -0.15) is 0 Å². The third-order valence-electron chi connectivity index (χ3n) is 2.44. The molecule has 0 radical (unpaired) electrons. The molecular formula is C12H21N3O. The minimum absolute atomic E-state index is 0.609. The maximum Gasteiger partial charge on any atom is 0.131 e. The Kier molecular flexibility index (Phi) is 5.25. The van der Waals surface area contributed by atoms with Crippen molar-refractivity contribution in [1.82, 2.24) is 5.32 Å². The van der Waals surface area contributed by atoms with Gasteiger partial charge >= 0.3 is 0 Å². The van der Waals surface area contributed by atoms with Crippen LogP contribution in [-0.2, 0) is 0 Å². The smallest absolute Gasteiger partial charge is 0.131 e. The van der Waals surface area contributed by atoms with Crippen molar-refractivity contribution in [3.63, 3.8) is 0 Å². The molecule has 0 saturated heterocycles. The fraction of sp³-hybridized carbons (Fsp3) is 0.500. The van der Waals surface area contributed by atoms with E-state index in [4.69, 9.17) is 5.73 Å². The van der Waals surface area contributed by atoms with Gasteiger partial charge in [0.2, 0.25) is 0 Å². The highest BCUT2D eigenvalue weighted by molar-refractivity contribution is 5.46. The molecular weight excluding hydrogens is 202 g/mol. The molecule has 1 unspecified atom stereocenters. The van der Waals surface area contributed by atoms with Crippen molar-refractivity contribution in [2.45, 2.75) is 12.6 Å². The molecule has 0 aliphatic carbocycles. The lowest BCUT2D eigenvalue weighted by molar-refractivity contribution is 0.139. The lowest BCUT2D eigenvalue weighted by Crippen LogP contribution is -2.23. The molecule has 4 N–H and O–H groups in total. The van der Waals surface area contributed by atoms with Crippen LogP contribution in [0.5, 0.6) is 0 Å². The van der Waals surface area contributed by atoms with Crippen LogP contribution >= 0.6 is 0 Å². The monoisotopic (exact) mass is 223 g/mol. The van der Waals surface area contributed by atoms with E-state index in [1.807, 2.05) is 43.3 Å². The van der Waals surface area contributed by atoms with E-state index in [2.05, 4.69) is 5.32 Å². The summed E-state index contributed by atoms with van der Waals surface area (Å²) in [5.74, 6) is 0. The number of nitrogens with zero attached hydrogens (tertiary/aromatic N) is 1.